The Balaban J connectivity index is 1.46. The van der Waals surface area contributed by atoms with Crippen molar-refractivity contribution in [1.29, 1.82) is 0 Å². The fourth-order valence-electron chi connectivity index (χ4n) is 4.33. The molecule has 0 spiro atoms. The molecule has 1 saturated heterocycles. The maximum absolute atomic E-state index is 13.4. The summed E-state index contributed by atoms with van der Waals surface area (Å²) in [6.07, 6.45) is -4.70. The quantitative estimate of drug-likeness (QED) is 0.698. The van der Waals surface area contributed by atoms with Crippen molar-refractivity contribution in [2.75, 3.05) is 19.6 Å². The minimum Gasteiger partial charge on any atom is -0.465 e. The molecule has 1 fully saturated rings. The molecule has 166 valence electrons. The van der Waals surface area contributed by atoms with E-state index in [0.29, 0.717) is 36.6 Å². The summed E-state index contributed by atoms with van der Waals surface area (Å²) in [7, 11) is 0. The van der Waals surface area contributed by atoms with Crippen molar-refractivity contribution in [2.24, 2.45) is 0 Å². The number of rotatable bonds is 2. The van der Waals surface area contributed by atoms with Gasteiger partial charge >= 0.3 is 12.3 Å². The Bertz CT molecular complexity index is 1010. The first kappa shape index (κ1) is 21.1. The topological polar surface area (TPSA) is 89.5 Å². The van der Waals surface area contributed by atoms with Crippen molar-refractivity contribution in [3.05, 3.63) is 52.1 Å². The molecule has 2 aliphatic heterocycles. The zero-order valence-electron chi connectivity index (χ0n) is 16.4. The second kappa shape index (κ2) is 7.86. The molecule has 2 amide bonds. The molecule has 2 aliphatic rings. The molecule has 2 aromatic rings. The summed E-state index contributed by atoms with van der Waals surface area (Å²) in [6, 6.07) is 2.72. The highest BCUT2D eigenvalue weighted by atomic mass is 19.4. The Morgan fingerprint density at radius 3 is 2.48 bits per heavy atom. The van der Waals surface area contributed by atoms with Crippen LogP contribution >= 0.6 is 0 Å². The number of carbonyl (C=O) groups is 2. The molecule has 0 radical (unpaired) electrons. The van der Waals surface area contributed by atoms with E-state index in [2.05, 4.69) is 10.2 Å². The van der Waals surface area contributed by atoms with Gasteiger partial charge in [-0.3, -0.25) is 9.89 Å². The molecule has 7 nitrogen and oxygen atoms in total. The van der Waals surface area contributed by atoms with Gasteiger partial charge in [0.05, 0.1) is 17.8 Å². The third-order valence-electron chi connectivity index (χ3n) is 5.95. The Morgan fingerprint density at radius 1 is 1.13 bits per heavy atom. The fraction of sp³-hybridized carbons (Fsp3) is 0.450. The fourth-order valence-corrected chi connectivity index (χ4v) is 4.33. The standard InChI is InChI=1S/C20H20F4N4O3/c21-12-1-2-13(15(9-12)20(22,23)24)11-3-6-27(7-4-11)18(29)17-14-5-8-28(19(30)31)10-16(14)25-26-17/h1-2,9,11H,3-8,10H2,(H,25,26)(H,30,31). The van der Waals surface area contributed by atoms with E-state index >= 15 is 0 Å². The van der Waals surface area contributed by atoms with Gasteiger partial charge in [0.15, 0.2) is 5.69 Å². The molecule has 4 rings (SSSR count). The highest BCUT2D eigenvalue weighted by Gasteiger charge is 2.37. The van der Waals surface area contributed by atoms with Crippen LogP contribution in [-0.4, -0.2) is 56.7 Å². The van der Waals surface area contributed by atoms with Gasteiger partial charge in [0.2, 0.25) is 0 Å². The molecule has 1 aromatic carbocycles. The molecule has 0 saturated carbocycles. The van der Waals surface area contributed by atoms with Crippen molar-refractivity contribution in [2.45, 2.75) is 37.9 Å². The van der Waals surface area contributed by atoms with Crippen LogP contribution in [0.15, 0.2) is 18.2 Å². The van der Waals surface area contributed by atoms with Crippen LogP contribution in [0.5, 0.6) is 0 Å². The molecule has 0 atom stereocenters. The first-order valence-corrected chi connectivity index (χ1v) is 9.85. The van der Waals surface area contributed by atoms with E-state index in [9.17, 15) is 27.2 Å². The minimum atomic E-state index is -4.65. The van der Waals surface area contributed by atoms with Crippen molar-refractivity contribution in [3.8, 4) is 0 Å². The average Bonchev–Trinajstić information content (AvgIpc) is 3.16. The number of likely N-dealkylation sites (tertiary alicyclic amines) is 1. The van der Waals surface area contributed by atoms with Crippen LogP contribution in [0.3, 0.4) is 0 Å². The number of hydrogen-bond acceptors (Lipinski definition) is 3. The number of alkyl halides is 3. The molecular formula is C20H20F4N4O3. The molecule has 3 heterocycles. The van der Waals surface area contributed by atoms with Gasteiger partial charge < -0.3 is 14.9 Å². The Kier molecular flexibility index (Phi) is 5.36. The first-order valence-electron chi connectivity index (χ1n) is 9.85. The number of fused-ring (bicyclic) bond motifs is 1. The summed E-state index contributed by atoms with van der Waals surface area (Å²) in [5, 5.41) is 15.9. The van der Waals surface area contributed by atoms with Crippen molar-refractivity contribution in [3.63, 3.8) is 0 Å². The summed E-state index contributed by atoms with van der Waals surface area (Å²) < 4.78 is 53.4. The molecule has 0 aliphatic carbocycles. The maximum atomic E-state index is 13.4. The monoisotopic (exact) mass is 440 g/mol. The smallest absolute Gasteiger partial charge is 0.416 e. The summed E-state index contributed by atoms with van der Waals surface area (Å²) in [4.78, 5) is 26.8. The number of carboxylic acid groups (broad SMARTS) is 1. The maximum Gasteiger partial charge on any atom is 0.416 e. The van der Waals surface area contributed by atoms with E-state index in [1.165, 1.54) is 11.0 Å². The summed E-state index contributed by atoms with van der Waals surface area (Å²) in [6.45, 7) is 0.884. The number of nitrogens with zero attached hydrogens (tertiary/aromatic N) is 3. The van der Waals surface area contributed by atoms with E-state index in [1.807, 2.05) is 0 Å². The lowest BCUT2D eigenvalue weighted by Crippen LogP contribution is -2.39. The average molecular weight is 440 g/mol. The second-order valence-corrected chi connectivity index (χ2v) is 7.78. The number of nitrogens with one attached hydrogen (secondary N) is 1. The summed E-state index contributed by atoms with van der Waals surface area (Å²) in [5.74, 6) is -1.69. The van der Waals surface area contributed by atoms with Crippen LogP contribution < -0.4 is 0 Å². The lowest BCUT2D eigenvalue weighted by Gasteiger charge is -2.33. The third kappa shape index (κ3) is 4.08. The number of benzene rings is 1. The van der Waals surface area contributed by atoms with Gasteiger partial charge in [-0.15, -0.1) is 0 Å². The van der Waals surface area contributed by atoms with Crippen molar-refractivity contribution in [1.82, 2.24) is 20.0 Å². The number of piperidine rings is 1. The van der Waals surface area contributed by atoms with Crippen LogP contribution in [0.4, 0.5) is 22.4 Å². The lowest BCUT2D eigenvalue weighted by atomic mass is 9.86. The Morgan fingerprint density at radius 2 is 1.84 bits per heavy atom. The highest BCUT2D eigenvalue weighted by Crippen LogP contribution is 2.39. The minimum absolute atomic E-state index is 0.0481. The van der Waals surface area contributed by atoms with E-state index in [-0.39, 0.29) is 43.3 Å². The zero-order valence-corrected chi connectivity index (χ0v) is 16.4. The van der Waals surface area contributed by atoms with Crippen LogP contribution in [0.1, 0.15) is 51.6 Å². The number of aromatic nitrogens is 2. The summed E-state index contributed by atoms with van der Waals surface area (Å²) in [5.41, 5.74) is 0.570. The van der Waals surface area contributed by atoms with E-state index in [0.717, 1.165) is 6.07 Å². The molecule has 31 heavy (non-hydrogen) atoms. The van der Waals surface area contributed by atoms with Gasteiger partial charge in [-0.05, 0) is 42.9 Å². The van der Waals surface area contributed by atoms with Crippen LogP contribution in [0, 0.1) is 5.82 Å². The Hall–Kier alpha value is -3.11. The Labute approximate surface area is 174 Å². The number of aromatic amines is 1. The predicted octanol–water partition coefficient (Wildman–Crippen LogP) is 3.62. The number of amides is 2. The van der Waals surface area contributed by atoms with E-state index in [4.69, 9.17) is 5.11 Å². The van der Waals surface area contributed by atoms with Gasteiger partial charge in [0.1, 0.15) is 5.82 Å². The SMILES string of the molecule is O=C(O)N1CCc2c(C(=O)N3CCC(c4ccc(F)cc4C(F)(F)F)CC3)n[nH]c2C1. The molecule has 1 aromatic heterocycles. The summed E-state index contributed by atoms with van der Waals surface area (Å²) >= 11 is 0. The number of halogens is 4. The van der Waals surface area contributed by atoms with Crippen LogP contribution in [0.25, 0.3) is 0 Å². The predicted molar refractivity (Wildman–Crippen MR) is 100 cm³/mol. The van der Waals surface area contributed by atoms with E-state index in [1.54, 1.807) is 4.90 Å². The molecular weight excluding hydrogens is 420 g/mol. The van der Waals surface area contributed by atoms with Gasteiger partial charge in [0, 0.05) is 25.2 Å². The number of hydrogen-bond donors (Lipinski definition) is 2. The number of H-pyrrole nitrogens is 1. The van der Waals surface area contributed by atoms with Crippen molar-refractivity contribution >= 4 is 12.0 Å². The normalized spacial score (nSPS) is 17.5. The van der Waals surface area contributed by atoms with Gasteiger partial charge in [-0.2, -0.15) is 18.3 Å². The zero-order chi connectivity index (χ0) is 22.3. The molecule has 0 unspecified atom stereocenters. The number of carbonyl (C=O) groups excluding carboxylic acids is 1. The van der Waals surface area contributed by atoms with Gasteiger partial charge in [-0.1, -0.05) is 6.07 Å². The first-order chi connectivity index (χ1) is 14.6. The van der Waals surface area contributed by atoms with Crippen LogP contribution in [0.2, 0.25) is 0 Å². The second-order valence-electron chi connectivity index (χ2n) is 7.78. The lowest BCUT2D eigenvalue weighted by molar-refractivity contribution is -0.138. The van der Waals surface area contributed by atoms with Gasteiger partial charge in [-0.25, -0.2) is 9.18 Å². The van der Waals surface area contributed by atoms with Crippen LogP contribution in [-0.2, 0) is 19.1 Å². The molecule has 0 bridgehead atoms. The van der Waals surface area contributed by atoms with Gasteiger partial charge in [0.25, 0.3) is 5.91 Å². The molecule has 2 N–H and O–H groups in total. The third-order valence-corrected chi connectivity index (χ3v) is 5.95. The van der Waals surface area contributed by atoms with E-state index < -0.39 is 29.6 Å². The molecule has 11 heteroatoms. The van der Waals surface area contributed by atoms with Crippen molar-refractivity contribution < 1.29 is 32.3 Å². The largest absolute Gasteiger partial charge is 0.465 e. The highest BCUT2D eigenvalue weighted by molar-refractivity contribution is 5.94.